The molecule has 2 rings (SSSR count). The molecular weight excluding hydrogens is 204 g/mol. The molecule has 0 fully saturated rings. The van der Waals surface area contributed by atoms with Crippen LogP contribution in [0.5, 0.6) is 5.75 Å². The van der Waals surface area contributed by atoms with E-state index in [1.165, 1.54) is 0 Å². The van der Waals surface area contributed by atoms with Crippen LogP contribution in [0.3, 0.4) is 0 Å². The van der Waals surface area contributed by atoms with Gasteiger partial charge in [-0.3, -0.25) is 4.98 Å². The van der Waals surface area contributed by atoms with Gasteiger partial charge < -0.3 is 9.84 Å². The molecule has 0 saturated heterocycles. The van der Waals surface area contributed by atoms with E-state index in [0.29, 0.717) is 11.4 Å². The summed E-state index contributed by atoms with van der Waals surface area (Å²) in [5.74, 6) is 0.593. The highest BCUT2D eigenvalue weighted by Gasteiger charge is 2.06. The van der Waals surface area contributed by atoms with Gasteiger partial charge in [0, 0.05) is 18.0 Å². The summed E-state index contributed by atoms with van der Waals surface area (Å²) in [7, 11) is 1.56. The van der Waals surface area contributed by atoms with E-state index in [2.05, 4.69) is 9.97 Å². The highest BCUT2D eigenvalue weighted by Crippen LogP contribution is 2.22. The molecule has 0 atom stereocenters. The second-order valence-electron chi connectivity index (χ2n) is 3.25. The van der Waals surface area contributed by atoms with Crippen LogP contribution in [0.2, 0.25) is 0 Å². The molecule has 0 aliphatic rings. The third kappa shape index (κ3) is 2.01. The third-order valence-corrected chi connectivity index (χ3v) is 2.26. The molecule has 0 aliphatic carbocycles. The van der Waals surface area contributed by atoms with Crippen molar-refractivity contribution < 1.29 is 9.84 Å². The molecule has 82 valence electrons. The van der Waals surface area contributed by atoms with Gasteiger partial charge in [0.05, 0.1) is 19.4 Å². The van der Waals surface area contributed by atoms with Crippen LogP contribution in [0.1, 0.15) is 5.69 Å². The van der Waals surface area contributed by atoms with Gasteiger partial charge in [0.1, 0.15) is 11.4 Å². The first kappa shape index (κ1) is 10.6. The Kier molecular flexibility index (Phi) is 3.12. The monoisotopic (exact) mass is 216 g/mol. The summed E-state index contributed by atoms with van der Waals surface area (Å²) in [6.45, 7) is -0.142. The molecule has 0 radical (unpaired) electrons. The third-order valence-electron chi connectivity index (χ3n) is 2.26. The van der Waals surface area contributed by atoms with Crippen LogP contribution in [-0.4, -0.2) is 22.2 Å². The zero-order chi connectivity index (χ0) is 11.4. The molecule has 0 spiro atoms. The smallest absolute Gasteiger partial charge is 0.142 e. The van der Waals surface area contributed by atoms with Crippen molar-refractivity contribution in [1.29, 1.82) is 0 Å². The summed E-state index contributed by atoms with van der Waals surface area (Å²) in [5, 5.41) is 9.16. The lowest BCUT2D eigenvalue weighted by Crippen LogP contribution is -1.97. The Labute approximate surface area is 93.6 Å². The fourth-order valence-electron chi connectivity index (χ4n) is 1.46. The first-order chi connectivity index (χ1) is 7.85. The van der Waals surface area contributed by atoms with E-state index in [1.54, 1.807) is 25.6 Å². The fraction of sp³-hybridized carbons (Fsp3) is 0.167. The average Bonchev–Trinajstić information content (AvgIpc) is 2.39. The standard InChI is InChI=1S/C12H12N2O2/c1-16-12-5-4-10(14-11(12)8-15)9-3-2-6-13-7-9/h2-7,15H,8H2,1H3. The van der Waals surface area contributed by atoms with Gasteiger partial charge in [-0.05, 0) is 24.3 Å². The molecule has 2 heterocycles. The van der Waals surface area contributed by atoms with Crippen molar-refractivity contribution in [2.24, 2.45) is 0 Å². The van der Waals surface area contributed by atoms with Crippen molar-refractivity contribution in [1.82, 2.24) is 9.97 Å². The van der Waals surface area contributed by atoms with E-state index in [9.17, 15) is 0 Å². The van der Waals surface area contributed by atoms with Crippen LogP contribution in [0.15, 0.2) is 36.7 Å². The Morgan fingerprint density at radius 1 is 1.31 bits per heavy atom. The van der Waals surface area contributed by atoms with Gasteiger partial charge in [-0.15, -0.1) is 0 Å². The number of aromatic nitrogens is 2. The number of hydrogen-bond donors (Lipinski definition) is 1. The second kappa shape index (κ2) is 4.72. The molecule has 2 aromatic heterocycles. The van der Waals surface area contributed by atoms with Crippen molar-refractivity contribution in [2.45, 2.75) is 6.61 Å². The van der Waals surface area contributed by atoms with Crippen molar-refractivity contribution in [2.75, 3.05) is 7.11 Å². The van der Waals surface area contributed by atoms with Crippen LogP contribution in [-0.2, 0) is 6.61 Å². The number of aliphatic hydroxyl groups is 1. The van der Waals surface area contributed by atoms with Gasteiger partial charge in [0.25, 0.3) is 0 Å². The molecule has 2 aromatic rings. The van der Waals surface area contributed by atoms with E-state index < -0.39 is 0 Å². The average molecular weight is 216 g/mol. The number of rotatable bonds is 3. The van der Waals surface area contributed by atoms with Gasteiger partial charge in [-0.25, -0.2) is 4.98 Å². The molecule has 16 heavy (non-hydrogen) atoms. The fourth-order valence-corrected chi connectivity index (χ4v) is 1.46. The summed E-state index contributed by atoms with van der Waals surface area (Å²) in [6.07, 6.45) is 3.44. The first-order valence-corrected chi connectivity index (χ1v) is 4.90. The predicted molar refractivity (Wildman–Crippen MR) is 59.9 cm³/mol. The maximum Gasteiger partial charge on any atom is 0.142 e. The molecule has 0 bridgehead atoms. The number of pyridine rings is 2. The van der Waals surface area contributed by atoms with E-state index in [4.69, 9.17) is 9.84 Å². The highest BCUT2D eigenvalue weighted by atomic mass is 16.5. The Bertz CT molecular complexity index is 472. The molecule has 1 N–H and O–H groups in total. The van der Waals surface area contributed by atoms with Crippen molar-refractivity contribution in [3.05, 3.63) is 42.4 Å². The minimum atomic E-state index is -0.142. The van der Waals surface area contributed by atoms with Crippen LogP contribution in [0, 0.1) is 0 Å². The summed E-state index contributed by atoms with van der Waals surface area (Å²) >= 11 is 0. The number of aliphatic hydroxyl groups excluding tert-OH is 1. The Morgan fingerprint density at radius 3 is 2.81 bits per heavy atom. The minimum absolute atomic E-state index is 0.142. The molecule has 0 aromatic carbocycles. The quantitative estimate of drug-likeness (QED) is 0.847. The van der Waals surface area contributed by atoms with E-state index in [1.807, 2.05) is 18.2 Å². The van der Waals surface area contributed by atoms with Gasteiger partial charge >= 0.3 is 0 Å². The highest BCUT2D eigenvalue weighted by molar-refractivity contribution is 5.58. The van der Waals surface area contributed by atoms with Crippen molar-refractivity contribution in [3.63, 3.8) is 0 Å². The first-order valence-electron chi connectivity index (χ1n) is 4.90. The number of hydrogen-bond acceptors (Lipinski definition) is 4. The van der Waals surface area contributed by atoms with E-state index in [0.717, 1.165) is 11.3 Å². The zero-order valence-electron chi connectivity index (χ0n) is 8.92. The van der Waals surface area contributed by atoms with Crippen molar-refractivity contribution in [3.8, 4) is 17.0 Å². The lowest BCUT2D eigenvalue weighted by molar-refractivity contribution is 0.268. The van der Waals surface area contributed by atoms with E-state index in [-0.39, 0.29) is 6.61 Å². The summed E-state index contributed by atoms with van der Waals surface area (Å²) in [6, 6.07) is 7.40. The van der Waals surface area contributed by atoms with Crippen LogP contribution in [0.4, 0.5) is 0 Å². The van der Waals surface area contributed by atoms with Crippen molar-refractivity contribution >= 4 is 0 Å². The Hall–Kier alpha value is -1.94. The Morgan fingerprint density at radius 2 is 2.19 bits per heavy atom. The SMILES string of the molecule is COc1ccc(-c2cccnc2)nc1CO. The molecule has 0 amide bonds. The molecule has 0 unspecified atom stereocenters. The van der Waals surface area contributed by atoms with Gasteiger partial charge in [-0.2, -0.15) is 0 Å². The summed E-state index contributed by atoms with van der Waals surface area (Å²) in [4.78, 5) is 8.34. The topological polar surface area (TPSA) is 55.2 Å². The summed E-state index contributed by atoms with van der Waals surface area (Å²) in [5.41, 5.74) is 2.22. The molecule has 0 saturated carbocycles. The zero-order valence-corrected chi connectivity index (χ0v) is 8.92. The normalized spacial score (nSPS) is 10.1. The maximum atomic E-state index is 9.16. The Balaban J connectivity index is 2.44. The van der Waals surface area contributed by atoms with Gasteiger partial charge in [0.2, 0.25) is 0 Å². The van der Waals surface area contributed by atoms with Gasteiger partial charge in [-0.1, -0.05) is 0 Å². The number of ether oxygens (including phenoxy) is 1. The molecule has 4 nitrogen and oxygen atoms in total. The lowest BCUT2D eigenvalue weighted by Gasteiger charge is -2.07. The van der Waals surface area contributed by atoms with Crippen LogP contribution in [0.25, 0.3) is 11.3 Å². The molecule has 4 heteroatoms. The maximum absolute atomic E-state index is 9.16. The molecular formula is C12H12N2O2. The number of methoxy groups -OCH3 is 1. The second-order valence-corrected chi connectivity index (χ2v) is 3.25. The molecule has 0 aliphatic heterocycles. The van der Waals surface area contributed by atoms with Crippen LogP contribution < -0.4 is 4.74 Å². The number of nitrogens with zero attached hydrogens (tertiary/aromatic N) is 2. The van der Waals surface area contributed by atoms with Crippen LogP contribution >= 0.6 is 0 Å². The predicted octanol–water partition coefficient (Wildman–Crippen LogP) is 1.64. The van der Waals surface area contributed by atoms with Gasteiger partial charge in [0.15, 0.2) is 0 Å². The lowest BCUT2D eigenvalue weighted by atomic mass is 10.2. The largest absolute Gasteiger partial charge is 0.495 e. The summed E-state index contributed by atoms with van der Waals surface area (Å²) < 4.78 is 5.09. The minimum Gasteiger partial charge on any atom is -0.495 e. The van der Waals surface area contributed by atoms with E-state index >= 15 is 0 Å².